The van der Waals surface area contributed by atoms with E-state index in [0.29, 0.717) is 17.5 Å². The molecule has 0 saturated heterocycles. The first kappa shape index (κ1) is 68.5. The summed E-state index contributed by atoms with van der Waals surface area (Å²) in [5.41, 5.74) is 28.9. The van der Waals surface area contributed by atoms with E-state index in [-0.39, 0.29) is 0 Å². The van der Waals surface area contributed by atoms with Crippen LogP contribution in [0.15, 0.2) is 431 Å². The van der Waals surface area contributed by atoms with Crippen molar-refractivity contribution in [2.75, 3.05) is 0 Å². The zero-order chi connectivity index (χ0) is 78.4. The molecular formula is C110H71N9. The van der Waals surface area contributed by atoms with Crippen molar-refractivity contribution in [3.8, 4) is 107 Å². The Morgan fingerprint density at radius 3 is 0.807 bits per heavy atom. The summed E-state index contributed by atoms with van der Waals surface area (Å²) >= 11 is 0. The maximum absolute atomic E-state index is 5.22. The molecule has 24 aromatic rings. The Balaban J connectivity index is 0.000000140. The number of hydrogen-bond donors (Lipinski definition) is 0. The van der Waals surface area contributed by atoms with Gasteiger partial charge in [0.15, 0.2) is 17.5 Å². The molecule has 9 nitrogen and oxygen atoms in total. The minimum Gasteiger partial charge on any atom is -0.309 e. The van der Waals surface area contributed by atoms with Crippen molar-refractivity contribution in [1.82, 2.24) is 42.8 Å². The van der Waals surface area contributed by atoms with E-state index in [0.717, 1.165) is 84.2 Å². The van der Waals surface area contributed by atoms with Crippen molar-refractivity contribution in [1.29, 1.82) is 0 Å². The molecule has 0 atom stereocenters. The highest BCUT2D eigenvalue weighted by Crippen LogP contribution is 2.45. The van der Waals surface area contributed by atoms with Crippen molar-refractivity contribution in [2.24, 2.45) is 0 Å². The molecule has 0 fully saturated rings. The van der Waals surface area contributed by atoms with Gasteiger partial charge < -0.3 is 22.8 Å². The zero-order valence-electron chi connectivity index (χ0n) is 64.5. The van der Waals surface area contributed by atoms with Crippen LogP contribution >= 0.6 is 0 Å². The van der Waals surface area contributed by atoms with Crippen LogP contribution in [0, 0.1) is 0 Å². The first-order valence-corrected chi connectivity index (χ1v) is 40.4. The monoisotopic (exact) mass is 1520 g/mol. The molecule has 0 saturated carbocycles. The number of hydrogen-bond acceptors (Lipinski definition) is 4. The predicted molar refractivity (Wildman–Crippen MR) is 494 cm³/mol. The Kier molecular flexibility index (Phi) is 16.4. The Bertz CT molecular complexity index is 7950. The predicted octanol–water partition coefficient (Wildman–Crippen LogP) is 28.1. The van der Waals surface area contributed by atoms with E-state index in [4.69, 9.17) is 19.9 Å². The molecule has 0 radical (unpaired) electrons. The summed E-state index contributed by atoms with van der Waals surface area (Å²) in [7, 11) is 0. The molecule has 9 heteroatoms. The Morgan fingerprint density at radius 2 is 0.387 bits per heavy atom. The minimum absolute atomic E-state index is 0.628. The quantitative estimate of drug-likeness (QED) is 0.122. The number of para-hydroxylation sites is 6. The summed E-state index contributed by atoms with van der Waals surface area (Å²) in [5.74, 6) is 1.91. The molecule has 24 rings (SSSR count). The van der Waals surface area contributed by atoms with Gasteiger partial charge in [0.2, 0.25) is 0 Å². The van der Waals surface area contributed by atoms with Gasteiger partial charge in [-0.1, -0.05) is 297 Å². The Morgan fingerprint density at radius 1 is 0.126 bits per heavy atom. The van der Waals surface area contributed by atoms with Crippen molar-refractivity contribution in [2.45, 2.75) is 0 Å². The van der Waals surface area contributed by atoms with Crippen molar-refractivity contribution < 1.29 is 0 Å². The molecule has 0 aliphatic rings. The molecule has 0 spiro atoms. The highest BCUT2D eigenvalue weighted by atomic mass is 15.1. The first-order chi connectivity index (χ1) is 59.0. The molecule has 556 valence electrons. The molecule has 7 heterocycles. The minimum atomic E-state index is 0.628. The van der Waals surface area contributed by atoms with E-state index in [1.165, 1.54) is 115 Å². The second-order valence-corrected chi connectivity index (χ2v) is 30.5. The van der Waals surface area contributed by atoms with E-state index < -0.39 is 0 Å². The van der Waals surface area contributed by atoms with Crippen molar-refractivity contribution >= 4 is 109 Å². The number of nitrogens with zero attached hydrogens (tertiary/aromatic N) is 9. The molecule has 119 heavy (non-hydrogen) atoms. The summed E-state index contributed by atoms with van der Waals surface area (Å²) < 4.78 is 12.1. The molecule has 0 unspecified atom stereocenters. The van der Waals surface area contributed by atoms with Gasteiger partial charge in [0.1, 0.15) is 0 Å². The van der Waals surface area contributed by atoms with Crippen LogP contribution in [-0.4, -0.2) is 42.8 Å². The van der Waals surface area contributed by atoms with Gasteiger partial charge in [0.25, 0.3) is 0 Å². The third-order valence-electron chi connectivity index (χ3n) is 23.6. The molecular weight excluding hydrogens is 1450 g/mol. The van der Waals surface area contributed by atoms with E-state index in [1.54, 1.807) is 0 Å². The van der Waals surface area contributed by atoms with Crippen LogP contribution in [0.5, 0.6) is 0 Å². The normalized spacial score (nSPS) is 11.7. The lowest BCUT2D eigenvalue weighted by Gasteiger charge is -2.12. The van der Waals surface area contributed by atoms with Gasteiger partial charge in [-0.05, 0) is 156 Å². The van der Waals surface area contributed by atoms with Crippen LogP contribution in [0.3, 0.4) is 0 Å². The number of benzene rings is 17. The fraction of sp³-hybridized carbons (Fsp3) is 0. The van der Waals surface area contributed by atoms with Crippen LogP contribution in [0.4, 0.5) is 0 Å². The number of fused-ring (bicyclic) bond motifs is 15. The van der Waals surface area contributed by atoms with Crippen LogP contribution in [0.2, 0.25) is 0 Å². The van der Waals surface area contributed by atoms with Gasteiger partial charge in [-0.2, -0.15) is 0 Å². The maximum atomic E-state index is 5.22. The molecule has 0 aliphatic heterocycles. The number of rotatable bonds is 12. The van der Waals surface area contributed by atoms with E-state index >= 15 is 0 Å². The summed E-state index contributed by atoms with van der Waals surface area (Å²) in [6.07, 6.45) is 0. The van der Waals surface area contributed by atoms with Gasteiger partial charge >= 0.3 is 0 Å². The van der Waals surface area contributed by atoms with Gasteiger partial charge in [0, 0.05) is 110 Å². The smallest absolute Gasteiger partial charge is 0.164 e. The largest absolute Gasteiger partial charge is 0.309 e. The van der Waals surface area contributed by atoms with Crippen LogP contribution in [-0.2, 0) is 0 Å². The standard InChI is InChI=1S/C59H38N4.C51H33N5/c1-4-16-39(17-5-1)42-34-52(40-18-6-2-7-19-40)60-53(35-42)41-28-30-44(31-29-41)62-55-26-14-11-23-47(55)50-38-59-51(37-58(50)62)48-24-12-15-27-56(48)63(59)45-32-33-57-49(36-45)46-22-10-13-25-54(46)61(57)43-20-8-3-9-21-43;1-4-16-34(17-5-1)37-22-14-24-39(30-37)55-45-28-12-10-26-41(45)43-33-48-44(32-47(43)55)42-27-11-13-29-46(42)56(48)40-25-15-23-38(31-40)51-53-49(35-18-6-2-7-19-35)52-50(54-51)36-20-8-3-9-21-36/h1-38H;1-33H. The van der Waals surface area contributed by atoms with Crippen LogP contribution < -0.4 is 0 Å². The lowest BCUT2D eigenvalue weighted by atomic mass is 10.00. The van der Waals surface area contributed by atoms with Crippen LogP contribution in [0.25, 0.3) is 216 Å². The lowest BCUT2D eigenvalue weighted by molar-refractivity contribution is 1.07. The highest BCUT2D eigenvalue weighted by molar-refractivity contribution is 6.21. The van der Waals surface area contributed by atoms with E-state index in [2.05, 4.69) is 393 Å². The topological polar surface area (TPSA) is 76.2 Å². The SMILES string of the molecule is c1ccc(-c2cc(-c3ccccc3)nc(-c3ccc(-n4c5ccccc5c5cc6c(cc54)c4ccccc4n6-c4ccc5c(c4)c4ccccc4n5-c4ccccc4)cc3)c2)cc1.c1ccc(-c2cccc(-n3c4ccccc4c4cc5c(cc43)c3ccccc3n5-c3cccc(-c4nc(-c5ccccc5)nc(-c5ccccc5)n4)c3)c2)cc1. The van der Waals surface area contributed by atoms with Gasteiger partial charge in [-0.3, -0.25) is 0 Å². The fourth-order valence-electron chi connectivity index (χ4n) is 18.1. The average Bonchev–Trinajstić information content (AvgIpc) is 1.56. The third-order valence-corrected chi connectivity index (χ3v) is 23.6. The zero-order valence-corrected chi connectivity index (χ0v) is 64.5. The summed E-state index contributed by atoms with van der Waals surface area (Å²) in [4.78, 5) is 20.2. The fourth-order valence-corrected chi connectivity index (χ4v) is 18.1. The average molecular weight is 1520 g/mol. The Hall–Kier alpha value is -16.1. The molecule has 17 aromatic carbocycles. The summed E-state index contributed by atoms with van der Waals surface area (Å²) in [6.45, 7) is 0. The third kappa shape index (κ3) is 11.8. The summed E-state index contributed by atoms with van der Waals surface area (Å²) in [5, 5.41) is 12.2. The van der Waals surface area contributed by atoms with Gasteiger partial charge in [-0.15, -0.1) is 0 Å². The van der Waals surface area contributed by atoms with Gasteiger partial charge in [-0.25, -0.2) is 19.9 Å². The molecule has 0 amide bonds. The first-order valence-electron chi connectivity index (χ1n) is 40.4. The van der Waals surface area contributed by atoms with Crippen molar-refractivity contribution in [3.63, 3.8) is 0 Å². The second-order valence-electron chi connectivity index (χ2n) is 30.5. The summed E-state index contributed by atoms with van der Waals surface area (Å²) in [6, 6.07) is 154. The molecule has 0 bridgehead atoms. The van der Waals surface area contributed by atoms with Gasteiger partial charge in [0.05, 0.1) is 66.6 Å². The number of aromatic nitrogens is 9. The van der Waals surface area contributed by atoms with Crippen molar-refractivity contribution in [3.05, 3.63) is 431 Å². The second kappa shape index (κ2) is 28.5. The van der Waals surface area contributed by atoms with E-state index in [1.807, 2.05) is 60.7 Å². The molecule has 0 aliphatic carbocycles. The highest BCUT2D eigenvalue weighted by Gasteiger charge is 2.24. The Labute approximate surface area is 685 Å². The molecule has 0 N–H and O–H groups in total. The molecule has 7 aromatic heterocycles. The maximum Gasteiger partial charge on any atom is 0.164 e. The van der Waals surface area contributed by atoms with Crippen LogP contribution in [0.1, 0.15) is 0 Å². The number of pyridine rings is 1. The lowest BCUT2D eigenvalue weighted by Crippen LogP contribution is -2.01. The van der Waals surface area contributed by atoms with E-state index in [9.17, 15) is 0 Å².